The van der Waals surface area contributed by atoms with Gasteiger partial charge >= 0.3 is 0 Å². The van der Waals surface area contributed by atoms with E-state index in [1.807, 2.05) is 30.5 Å². The molecule has 0 amide bonds. The maximum Gasteiger partial charge on any atom is 0.182 e. The summed E-state index contributed by atoms with van der Waals surface area (Å²) in [5.41, 5.74) is 8.22. The maximum absolute atomic E-state index is 5.74. The van der Waals surface area contributed by atoms with Gasteiger partial charge in [-0.05, 0) is 35.4 Å². The number of nitrogens with zero attached hydrogens (tertiary/aromatic N) is 1. The predicted molar refractivity (Wildman–Crippen MR) is 58.9 cm³/mol. The molecule has 0 unspecified atom stereocenters. The third-order valence-electron chi connectivity index (χ3n) is 1.91. The van der Waals surface area contributed by atoms with Crippen molar-refractivity contribution in [3.63, 3.8) is 0 Å². The predicted octanol–water partition coefficient (Wildman–Crippen LogP) is 2.80. The molecular weight excluding hydrogens is 196 g/mol. The first kappa shape index (κ1) is 9.02. The molecule has 2 rings (SSSR count). The van der Waals surface area contributed by atoms with Crippen LogP contribution in [-0.4, -0.2) is 5.16 Å². The van der Waals surface area contributed by atoms with Crippen molar-refractivity contribution in [2.45, 2.75) is 6.92 Å². The zero-order chi connectivity index (χ0) is 9.97. The molecule has 14 heavy (non-hydrogen) atoms. The van der Waals surface area contributed by atoms with E-state index in [-0.39, 0.29) is 0 Å². The monoisotopic (exact) mass is 206 g/mol. The molecule has 3 nitrogen and oxygen atoms in total. The Kier molecular flexibility index (Phi) is 2.37. The molecule has 0 aliphatic carbocycles. The van der Waals surface area contributed by atoms with Gasteiger partial charge in [-0.1, -0.05) is 11.2 Å². The lowest BCUT2D eigenvalue weighted by molar-refractivity contribution is 0.408. The molecule has 2 aromatic rings. The van der Waals surface area contributed by atoms with Crippen molar-refractivity contribution < 1.29 is 4.52 Å². The lowest BCUT2D eigenvalue weighted by atomic mass is 10.2. The molecule has 0 bridgehead atoms. The van der Waals surface area contributed by atoms with Gasteiger partial charge in [-0.2, -0.15) is 11.3 Å². The zero-order valence-corrected chi connectivity index (χ0v) is 8.54. The third-order valence-corrected chi connectivity index (χ3v) is 2.61. The Hall–Kier alpha value is -1.55. The fourth-order valence-corrected chi connectivity index (χ4v) is 1.68. The molecule has 0 radical (unpaired) electrons. The first-order chi connectivity index (χ1) is 6.77. The van der Waals surface area contributed by atoms with Crippen LogP contribution in [0.5, 0.6) is 0 Å². The highest BCUT2D eigenvalue weighted by Crippen LogP contribution is 2.19. The lowest BCUT2D eigenvalue weighted by Crippen LogP contribution is -1.86. The number of rotatable bonds is 2. The van der Waals surface area contributed by atoms with E-state index in [0.29, 0.717) is 11.4 Å². The summed E-state index contributed by atoms with van der Waals surface area (Å²) in [6.07, 6.45) is 3.78. The SMILES string of the molecule is Cc1noc(C=Cc2ccsc2)c1N. The molecule has 2 aromatic heterocycles. The van der Waals surface area contributed by atoms with E-state index in [1.54, 1.807) is 11.3 Å². The standard InChI is InChI=1S/C10H10N2OS/c1-7-10(11)9(13-12-7)3-2-8-4-5-14-6-8/h2-6H,11H2,1H3. The largest absolute Gasteiger partial charge is 0.394 e. The van der Waals surface area contributed by atoms with Crippen molar-refractivity contribution >= 4 is 29.2 Å². The van der Waals surface area contributed by atoms with Gasteiger partial charge in [-0.25, -0.2) is 0 Å². The van der Waals surface area contributed by atoms with Gasteiger partial charge in [0.15, 0.2) is 5.76 Å². The van der Waals surface area contributed by atoms with Crippen molar-refractivity contribution in [2.75, 3.05) is 5.73 Å². The minimum absolute atomic E-state index is 0.608. The fourth-order valence-electron chi connectivity index (χ4n) is 1.06. The van der Waals surface area contributed by atoms with E-state index >= 15 is 0 Å². The number of hydrogen-bond acceptors (Lipinski definition) is 4. The number of hydrogen-bond donors (Lipinski definition) is 1. The Morgan fingerprint density at radius 2 is 2.36 bits per heavy atom. The summed E-state index contributed by atoms with van der Waals surface area (Å²) in [6.45, 7) is 1.82. The summed E-state index contributed by atoms with van der Waals surface area (Å²) >= 11 is 1.66. The second-order valence-electron chi connectivity index (χ2n) is 2.94. The minimum atomic E-state index is 0.608. The van der Waals surface area contributed by atoms with Crippen LogP contribution >= 0.6 is 11.3 Å². The summed E-state index contributed by atoms with van der Waals surface area (Å²) in [5, 5.41) is 7.84. The van der Waals surface area contributed by atoms with Crippen LogP contribution in [0.4, 0.5) is 5.69 Å². The van der Waals surface area contributed by atoms with Gasteiger partial charge in [0.05, 0.1) is 0 Å². The second-order valence-corrected chi connectivity index (χ2v) is 3.72. The third kappa shape index (κ3) is 1.70. The summed E-state index contributed by atoms with van der Waals surface area (Å²) in [4.78, 5) is 0. The molecule has 2 N–H and O–H groups in total. The molecule has 0 saturated heterocycles. The van der Waals surface area contributed by atoms with Crippen LogP contribution in [-0.2, 0) is 0 Å². The van der Waals surface area contributed by atoms with Crippen molar-refractivity contribution in [1.82, 2.24) is 5.16 Å². The van der Waals surface area contributed by atoms with Crippen LogP contribution in [0.15, 0.2) is 21.3 Å². The number of aryl methyl sites for hydroxylation is 1. The average Bonchev–Trinajstić information content (AvgIpc) is 2.77. The normalized spacial score (nSPS) is 11.2. The quantitative estimate of drug-likeness (QED) is 0.822. The van der Waals surface area contributed by atoms with Crippen molar-refractivity contribution in [2.24, 2.45) is 0 Å². The molecule has 4 heteroatoms. The topological polar surface area (TPSA) is 52.0 Å². The van der Waals surface area contributed by atoms with Crippen molar-refractivity contribution in [3.05, 3.63) is 33.8 Å². The highest BCUT2D eigenvalue weighted by Gasteiger charge is 2.04. The first-order valence-electron chi connectivity index (χ1n) is 4.19. The van der Waals surface area contributed by atoms with Gasteiger partial charge < -0.3 is 10.3 Å². The van der Waals surface area contributed by atoms with E-state index < -0.39 is 0 Å². The summed E-state index contributed by atoms with van der Waals surface area (Å²) in [5.74, 6) is 0.619. The number of aromatic nitrogens is 1. The Morgan fingerprint density at radius 3 is 2.93 bits per heavy atom. The first-order valence-corrected chi connectivity index (χ1v) is 5.13. The van der Waals surface area contributed by atoms with Crippen LogP contribution in [0.2, 0.25) is 0 Å². The van der Waals surface area contributed by atoms with E-state index in [4.69, 9.17) is 10.3 Å². The molecule has 0 atom stereocenters. The Bertz CT molecular complexity index is 443. The summed E-state index contributed by atoms with van der Waals surface area (Å²) in [6, 6.07) is 2.03. The maximum atomic E-state index is 5.74. The van der Waals surface area contributed by atoms with E-state index in [0.717, 1.165) is 11.3 Å². The number of anilines is 1. The molecule has 0 aliphatic heterocycles. The van der Waals surface area contributed by atoms with Crippen LogP contribution in [0.25, 0.3) is 12.2 Å². The van der Waals surface area contributed by atoms with Gasteiger partial charge in [0.2, 0.25) is 0 Å². The molecule has 2 heterocycles. The molecule has 0 saturated carbocycles. The van der Waals surface area contributed by atoms with E-state index in [2.05, 4.69) is 10.5 Å². The van der Waals surface area contributed by atoms with E-state index in [9.17, 15) is 0 Å². The van der Waals surface area contributed by atoms with Gasteiger partial charge in [0.1, 0.15) is 11.4 Å². The molecule has 0 aromatic carbocycles. The van der Waals surface area contributed by atoms with Gasteiger partial charge in [-0.15, -0.1) is 0 Å². The Labute approximate surface area is 85.8 Å². The van der Waals surface area contributed by atoms with E-state index in [1.165, 1.54) is 0 Å². The summed E-state index contributed by atoms with van der Waals surface area (Å²) in [7, 11) is 0. The van der Waals surface area contributed by atoms with Gasteiger partial charge in [-0.3, -0.25) is 0 Å². The molecule has 0 fully saturated rings. The molecule has 0 aliphatic rings. The van der Waals surface area contributed by atoms with Crippen molar-refractivity contribution in [3.8, 4) is 0 Å². The summed E-state index contributed by atoms with van der Waals surface area (Å²) < 4.78 is 5.03. The molecule has 72 valence electrons. The highest BCUT2D eigenvalue weighted by atomic mass is 32.1. The van der Waals surface area contributed by atoms with Crippen LogP contribution < -0.4 is 5.73 Å². The number of nitrogen functional groups attached to an aromatic ring is 1. The van der Waals surface area contributed by atoms with Gasteiger partial charge in [0, 0.05) is 0 Å². The van der Waals surface area contributed by atoms with Crippen LogP contribution in [0, 0.1) is 6.92 Å². The average molecular weight is 206 g/mol. The van der Waals surface area contributed by atoms with Crippen molar-refractivity contribution in [1.29, 1.82) is 0 Å². The molecule has 0 spiro atoms. The Morgan fingerprint density at radius 1 is 1.50 bits per heavy atom. The van der Waals surface area contributed by atoms with Gasteiger partial charge in [0.25, 0.3) is 0 Å². The lowest BCUT2D eigenvalue weighted by Gasteiger charge is -1.87. The fraction of sp³-hybridized carbons (Fsp3) is 0.100. The zero-order valence-electron chi connectivity index (χ0n) is 7.73. The van der Waals surface area contributed by atoms with Crippen LogP contribution in [0.3, 0.4) is 0 Å². The number of nitrogens with two attached hydrogens (primary N) is 1. The smallest absolute Gasteiger partial charge is 0.182 e. The molecular formula is C10H10N2OS. The minimum Gasteiger partial charge on any atom is -0.394 e. The Balaban J connectivity index is 2.23. The van der Waals surface area contributed by atoms with Crippen LogP contribution in [0.1, 0.15) is 17.0 Å². The second kappa shape index (κ2) is 3.67. The highest BCUT2D eigenvalue weighted by molar-refractivity contribution is 7.08. The number of thiophene rings is 1.